The van der Waals surface area contributed by atoms with Crippen LogP contribution in [-0.2, 0) is 22.4 Å². The van der Waals surface area contributed by atoms with E-state index in [9.17, 15) is 9.59 Å². The van der Waals surface area contributed by atoms with E-state index in [-0.39, 0.29) is 42.1 Å². The fourth-order valence-corrected chi connectivity index (χ4v) is 8.53. The number of hydrogen-bond donors (Lipinski definition) is 0. The van der Waals surface area contributed by atoms with Crippen molar-refractivity contribution in [3.63, 3.8) is 0 Å². The van der Waals surface area contributed by atoms with E-state index in [4.69, 9.17) is 46.4 Å². The van der Waals surface area contributed by atoms with Crippen LogP contribution in [0.1, 0.15) is 76.3 Å². The Kier molecular flexibility index (Phi) is 20.3. The minimum absolute atomic E-state index is 0. The molecule has 4 atom stereocenters. The molecule has 4 heterocycles. The molecule has 2 amide bonds. The highest BCUT2D eigenvalue weighted by atomic mass is 35.5. The second kappa shape index (κ2) is 22.4. The summed E-state index contributed by atoms with van der Waals surface area (Å²) < 4.78 is 0. The van der Waals surface area contributed by atoms with Gasteiger partial charge in [-0.15, -0.1) is 24.8 Å². The van der Waals surface area contributed by atoms with Gasteiger partial charge in [0, 0.05) is 38.3 Å². The van der Waals surface area contributed by atoms with E-state index in [1.165, 1.54) is 51.9 Å². The molecule has 4 unspecified atom stereocenters. The molecule has 2 N–H and O–H groups in total. The maximum absolute atomic E-state index is 12.9. The first-order valence-corrected chi connectivity index (χ1v) is 19.5. The van der Waals surface area contributed by atoms with E-state index in [0.29, 0.717) is 56.9 Å². The third-order valence-electron chi connectivity index (χ3n) is 10.6. The number of carbonyl (C=O) groups excluding carboxylic acids is 2. The number of rotatable bonds is 8. The summed E-state index contributed by atoms with van der Waals surface area (Å²) >= 11 is 24.1. The van der Waals surface area contributed by atoms with Gasteiger partial charge in [0.25, 0.3) is 0 Å². The molecule has 4 aliphatic heterocycles. The Hall–Kier alpha value is -1.000. The molecule has 0 saturated carbocycles. The van der Waals surface area contributed by atoms with Crippen molar-refractivity contribution in [1.29, 1.82) is 0 Å². The molecule has 288 valence electrons. The van der Waals surface area contributed by atoms with Crippen molar-refractivity contribution in [2.24, 2.45) is 11.8 Å². The Balaban J connectivity index is 0.000000334. The van der Waals surface area contributed by atoms with Gasteiger partial charge >= 0.3 is 0 Å². The molecule has 4 aliphatic rings. The lowest BCUT2D eigenvalue weighted by atomic mass is 9.91. The zero-order valence-electron chi connectivity index (χ0n) is 29.9. The van der Waals surface area contributed by atoms with Crippen LogP contribution in [0.25, 0.3) is 0 Å². The standard InChI is InChI=1S/2C19H26Cl2N2O.2ClH.H2O/c2*1-14-6-9-23(16(10-14)13-22-7-2-3-8-22)19(24)12-15-4-5-17(20)18(21)11-15;;;/h2*4-5,11,14,16H,2-3,6-10,12-13H2,1H3;2*1H;1H2. The molecular weight excluding hydrogens is 773 g/mol. The van der Waals surface area contributed by atoms with Crippen molar-refractivity contribution in [3.05, 3.63) is 67.6 Å². The molecule has 4 saturated heterocycles. The number of piperidine rings is 2. The Morgan fingerprint density at radius 2 is 0.941 bits per heavy atom. The van der Waals surface area contributed by atoms with Gasteiger partial charge in [0.15, 0.2) is 0 Å². The summed E-state index contributed by atoms with van der Waals surface area (Å²) in [4.78, 5) is 35.0. The molecule has 0 bridgehead atoms. The van der Waals surface area contributed by atoms with E-state index >= 15 is 0 Å². The summed E-state index contributed by atoms with van der Waals surface area (Å²) in [5.41, 5.74) is 1.88. The average molecular weight is 830 g/mol. The van der Waals surface area contributed by atoms with Crippen molar-refractivity contribution in [2.75, 3.05) is 52.4 Å². The van der Waals surface area contributed by atoms with E-state index in [1.807, 2.05) is 24.3 Å². The maximum Gasteiger partial charge on any atom is 0.227 e. The fraction of sp³-hybridized carbons (Fsp3) is 0.632. The van der Waals surface area contributed by atoms with Gasteiger partial charge in [-0.05, 0) is 125 Å². The van der Waals surface area contributed by atoms with Crippen LogP contribution >= 0.6 is 71.2 Å². The van der Waals surface area contributed by atoms with Crippen LogP contribution in [-0.4, -0.2) is 101 Å². The van der Waals surface area contributed by atoms with Gasteiger partial charge in [0.2, 0.25) is 11.8 Å². The summed E-state index contributed by atoms with van der Waals surface area (Å²) in [6.45, 7) is 13.1. The third-order valence-corrected chi connectivity index (χ3v) is 12.1. The highest BCUT2D eigenvalue weighted by molar-refractivity contribution is 6.42. The summed E-state index contributed by atoms with van der Waals surface area (Å²) in [5, 5.41) is 2.10. The monoisotopic (exact) mass is 826 g/mol. The van der Waals surface area contributed by atoms with Crippen molar-refractivity contribution in [1.82, 2.24) is 19.6 Å². The SMILES string of the molecule is CC1CCN(C(=O)Cc2ccc(Cl)c(Cl)c2)C(CN2CCCC2)C1.CC1CCN(C(=O)Cc2ccc(Cl)c(Cl)c2)C(CN2CCCC2)C1.Cl.Cl.O. The van der Waals surface area contributed by atoms with Crippen LogP contribution in [0.3, 0.4) is 0 Å². The van der Waals surface area contributed by atoms with Gasteiger partial charge in [-0.3, -0.25) is 9.59 Å². The quantitative estimate of drug-likeness (QED) is 0.268. The van der Waals surface area contributed by atoms with Gasteiger partial charge in [0.05, 0.1) is 32.9 Å². The Bertz CT molecular complexity index is 1290. The summed E-state index contributed by atoms with van der Waals surface area (Å²) in [6.07, 6.45) is 10.4. The lowest BCUT2D eigenvalue weighted by molar-refractivity contribution is -0.136. The second-order valence-electron chi connectivity index (χ2n) is 14.6. The molecular formula is C38H56Cl6N4O3. The number of nitrogens with zero attached hydrogens (tertiary/aromatic N) is 4. The third kappa shape index (κ3) is 13.7. The molecule has 2 aromatic carbocycles. The van der Waals surface area contributed by atoms with Crippen LogP contribution in [0.4, 0.5) is 0 Å². The van der Waals surface area contributed by atoms with Gasteiger partial charge in [-0.1, -0.05) is 72.4 Å². The molecule has 2 aromatic rings. The number of halogens is 6. The average Bonchev–Trinajstić information content (AvgIpc) is 3.76. The number of hydrogen-bond acceptors (Lipinski definition) is 4. The highest BCUT2D eigenvalue weighted by Gasteiger charge is 2.33. The van der Waals surface area contributed by atoms with Gasteiger partial charge in [0.1, 0.15) is 0 Å². The molecule has 51 heavy (non-hydrogen) atoms. The second-order valence-corrected chi connectivity index (χ2v) is 16.2. The maximum atomic E-state index is 12.9. The highest BCUT2D eigenvalue weighted by Crippen LogP contribution is 2.29. The molecule has 4 fully saturated rings. The van der Waals surface area contributed by atoms with E-state index in [2.05, 4.69) is 33.4 Å². The first-order chi connectivity index (χ1) is 23.0. The Morgan fingerprint density at radius 3 is 1.27 bits per heavy atom. The molecule has 6 rings (SSSR count). The first-order valence-electron chi connectivity index (χ1n) is 18.0. The van der Waals surface area contributed by atoms with Crippen LogP contribution in [0.15, 0.2) is 36.4 Å². The largest absolute Gasteiger partial charge is 0.412 e. The number of likely N-dealkylation sites (tertiary alicyclic amines) is 4. The van der Waals surface area contributed by atoms with Crippen LogP contribution in [0, 0.1) is 11.8 Å². The zero-order valence-corrected chi connectivity index (χ0v) is 34.6. The van der Waals surface area contributed by atoms with Gasteiger partial charge in [-0.25, -0.2) is 0 Å². The smallest absolute Gasteiger partial charge is 0.227 e. The van der Waals surface area contributed by atoms with Crippen molar-refractivity contribution >= 4 is 83.0 Å². The van der Waals surface area contributed by atoms with Crippen molar-refractivity contribution in [3.8, 4) is 0 Å². The van der Waals surface area contributed by atoms with Gasteiger partial charge in [-0.2, -0.15) is 0 Å². The number of carbonyl (C=O) groups is 2. The van der Waals surface area contributed by atoms with E-state index in [1.54, 1.807) is 12.1 Å². The van der Waals surface area contributed by atoms with Crippen LogP contribution in [0.5, 0.6) is 0 Å². The predicted octanol–water partition coefficient (Wildman–Crippen LogP) is 8.54. The summed E-state index contributed by atoms with van der Waals surface area (Å²) in [6, 6.07) is 11.7. The Morgan fingerprint density at radius 1 is 0.588 bits per heavy atom. The minimum Gasteiger partial charge on any atom is -0.412 e. The molecule has 0 aliphatic carbocycles. The zero-order chi connectivity index (χ0) is 34.2. The molecule has 0 spiro atoms. The minimum atomic E-state index is 0. The van der Waals surface area contributed by atoms with Crippen molar-refractivity contribution < 1.29 is 15.1 Å². The predicted molar refractivity (Wildman–Crippen MR) is 218 cm³/mol. The fourth-order valence-electron chi connectivity index (χ4n) is 7.88. The topological polar surface area (TPSA) is 78.6 Å². The normalized spacial score (nSPS) is 23.7. The van der Waals surface area contributed by atoms with Crippen molar-refractivity contribution in [2.45, 2.75) is 90.1 Å². The number of benzene rings is 2. The molecule has 13 heteroatoms. The van der Waals surface area contributed by atoms with Crippen LogP contribution in [0.2, 0.25) is 20.1 Å². The van der Waals surface area contributed by atoms with Gasteiger partial charge < -0.3 is 25.1 Å². The molecule has 0 radical (unpaired) electrons. The number of amides is 2. The van der Waals surface area contributed by atoms with E-state index in [0.717, 1.165) is 63.0 Å². The Labute approximate surface area is 337 Å². The lowest BCUT2D eigenvalue weighted by Crippen LogP contribution is -2.51. The summed E-state index contributed by atoms with van der Waals surface area (Å²) in [7, 11) is 0. The van der Waals surface area contributed by atoms with E-state index < -0.39 is 0 Å². The molecule has 7 nitrogen and oxygen atoms in total. The van der Waals surface area contributed by atoms with Crippen LogP contribution < -0.4 is 0 Å². The lowest BCUT2D eigenvalue weighted by Gasteiger charge is -2.40. The molecule has 0 aromatic heterocycles. The summed E-state index contributed by atoms with van der Waals surface area (Å²) in [5.74, 6) is 1.83. The first kappa shape index (κ1) is 46.2.